The van der Waals surface area contributed by atoms with Crippen LogP contribution in [0, 0.1) is 11.3 Å². The molecule has 5 rings (SSSR count). The van der Waals surface area contributed by atoms with Crippen molar-refractivity contribution in [3.63, 3.8) is 0 Å². The van der Waals surface area contributed by atoms with Gasteiger partial charge in [0.1, 0.15) is 11.9 Å². The fraction of sp³-hybridized carbons (Fsp3) is 0.276. The number of aryl methyl sites for hydroxylation is 1. The lowest BCUT2D eigenvalue weighted by atomic mass is 10.0. The molecule has 0 unspecified atom stereocenters. The van der Waals surface area contributed by atoms with Gasteiger partial charge in [-0.3, -0.25) is 14.6 Å². The van der Waals surface area contributed by atoms with Crippen molar-refractivity contribution < 1.29 is 0 Å². The summed E-state index contributed by atoms with van der Waals surface area (Å²) in [6, 6.07) is 13.0. The topological polar surface area (TPSA) is 90.1 Å². The molecule has 10 heteroatoms. The molecule has 3 aromatic heterocycles. The number of amidine groups is 1. The van der Waals surface area contributed by atoms with Gasteiger partial charge in [-0.05, 0) is 43.7 Å². The van der Waals surface area contributed by atoms with Crippen molar-refractivity contribution in [2.45, 2.75) is 18.4 Å². The average molecular weight is 538 g/mol. The minimum atomic E-state index is 0.470. The minimum absolute atomic E-state index is 0.470. The summed E-state index contributed by atoms with van der Waals surface area (Å²) in [6.45, 7) is 10.5. The van der Waals surface area contributed by atoms with Crippen LogP contribution >= 0.6 is 11.8 Å². The molecule has 0 saturated carbocycles. The van der Waals surface area contributed by atoms with Crippen LogP contribution in [0.3, 0.4) is 0 Å². The van der Waals surface area contributed by atoms with E-state index in [1.165, 1.54) is 10.5 Å². The zero-order valence-corrected chi connectivity index (χ0v) is 23.3. The molecule has 0 bridgehead atoms. The van der Waals surface area contributed by atoms with E-state index in [0.29, 0.717) is 16.8 Å². The summed E-state index contributed by atoms with van der Waals surface area (Å²) < 4.78 is 3.46. The Bertz CT molecular complexity index is 1580. The molecule has 0 spiro atoms. The van der Waals surface area contributed by atoms with Gasteiger partial charge in [0.15, 0.2) is 0 Å². The van der Waals surface area contributed by atoms with Crippen molar-refractivity contribution in [3.05, 3.63) is 78.0 Å². The monoisotopic (exact) mass is 537 g/mol. The van der Waals surface area contributed by atoms with Crippen LogP contribution in [0.5, 0.6) is 0 Å². The molecule has 9 nitrogen and oxygen atoms in total. The first-order valence-corrected chi connectivity index (χ1v) is 13.9. The molecule has 0 N–H and O–H groups in total. The second-order valence-electron chi connectivity index (χ2n) is 9.47. The lowest BCUT2D eigenvalue weighted by molar-refractivity contribution is 0.175. The van der Waals surface area contributed by atoms with E-state index in [0.717, 1.165) is 55.2 Å². The number of fused-ring (bicyclic) bond motifs is 1. The minimum Gasteiger partial charge on any atom is -0.358 e. The van der Waals surface area contributed by atoms with Crippen LogP contribution in [0.15, 0.2) is 76.2 Å². The van der Waals surface area contributed by atoms with Crippen molar-refractivity contribution in [1.82, 2.24) is 29.2 Å². The summed E-state index contributed by atoms with van der Waals surface area (Å²) in [5.41, 5.74) is 5.66. The maximum absolute atomic E-state index is 9.70. The molecule has 4 aromatic rings. The Morgan fingerprint density at radius 2 is 1.87 bits per heavy atom. The van der Waals surface area contributed by atoms with Crippen LogP contribution in [0.1, 0.15) is 23.6 Å². The zero-order valence-electron chi connectivity index (χ0n) is 22.4. The lowest BCUT2D eigenvalue weighted by Gasteiger charge is -2.35. The summed E-state index contributed by atoms with van der Waals surface area (Å²) in [4.78, 5) is 15.1. The predicted molar refractivity (Wildman–Crippen MR) is 158 cm³/mol. The maximum atomic E-state index is 9.70. The Hall–Kier alpha value is -4.20. The second-order valence-corrected chi connectivity index (χ2v) is 10.3. The number of nitriles is 1. The van der Waals surface area contributed by atoms with E-state index in [9.17, 15) is 5.26 Å². The standard InChI is InChI=1S/C29H31N9S/c1-21(37-11-9-36(10-12-37)18-22-5-7-26(39-4)8-6-22)32-17-28(31-2)27-13-23(25-16-33-35(3)19-25)20-38-29(27)24(14-30)15-34-38/h5-8,13,15-17,19-20H,2,9-12,18H2,1,3-4H3/b28-17-,32-21?. The van der Waals surface area contributed by atoms with Crippen LogP contribution in [-0.4, -0.2) is 74.2 Å². The van der Waals surface area contributed by atoms with Crippen LogP contribution < -0.4 is 0 Å². The molecule has 39 heavy (non-hydrogen) atoms. The van der Waals surface area contributed by atoms with E-state index in [-0.39, 0.29) is 0 Å². The molecule has 1 aliphatic rings. The third-order valence-electron chi connectivity index (χ3n) is 6.99. The molecular weight excluding hydrogens is 506 g/mol. The fourth-order valence-electron chi connectivity index (χ4n) is 4.78. The highest BCUT2D eigenvalue weighted by Gasteiger charge is 2.19. The predicted octanol–water partition coefficient (Wildman–Crippen LogP) is 4.56. The number of benzene rings is 1. The highest BCUT2D eigenvalue weighted by atomic mass is 32.2. The Morgan fingerprint density at radius 3 is 2.51 bits per heavy atom. The van der Waals surface area contributed by atoms with Gasteiger partial charge in [-0.2, -0.15) is 15.5 Å². The highest BCUT2D eigenvalue weighted by molar-refractivity contribution is 7.98. The third kappa shape index (κ3) is 5.79. The molecule has 0 amide bonds. The van der Waals surface area contributed by atoms with Gasteiger partial charge in [0.2, 0.25) is 0 Å². The van der Waals surface area contributed by atoms with E-state index in [1.807, 2.05) is 32.4 Å². The van der Waals surface area contributed by atoms with Gasteiger partial charge in [0, 0.05) is 73.8 Å². The summed E-state index contributed by atoms with van der Waals surface area (Å²) in [6.07, 6.45) is 11.0. The van der Waals surface area contributed by atoms with Crippen molar-refractivity contribution in [2.24, 2.45) is 17.0 Å². The van der Waals surface area contributed by atoms with E-state index in [1.54, 1.807) is 39.6 Å². The quantitative estimate of drug-likeness (QED) is 0.195. The number of thioether (sulfide) groups is 1. The van der Waals surface area contributed by atoms with Gasteiger partial charge >= 0.3 is 0 Å². The van der Waals surface area contributed by atoms with Gasteiger partial charge in [-0.1, -0.05) is 12.1 Å². The average Bonchev–Trinajstić information content (AvgIpc) is 3.60. The smallest absolute Gasteiger partial charge is 0.103 e. The lowest BCUT2D eigenvalue weighted by Crippen LogP contribution is -2.47. The first kappa shape index (κ1) is 26.4. The zero-order chi connectivity index (χ0) is 27.4. The molecule has 198 valence electrons. The Kier molecular flexibility index (Phi) is 7.91. The van der Waals surface area contributed by atoms with Crippen molar-refractivity contribution >= 4 is 35.5 Å². The number of nitrogens with zero attached hydrogens (tertiary/aromatic N) is 9. The van der Waals surface area contributed by atoms with Crippen LogP contribution in [0.25, 0.3) is 22.3 Å². The number of rotatable bonds is 7. The molecule has 1 aliphatic heterocycles. The molecule has 0 radical (unpaired) electrons. The first-order chi connectivity index (χ1) is 19.0. The Morgan fingerprint density at radius 1 is 1.10 bits per heavy atom. The molecule has 4 heterocycles. The Labute approximate surface area is 232 Å². The van der Waals surface area contributed by atoms with Gasteiger partial charge in [-0.25, -0.2) is 9.51 Å². The molecule has 1 saturated heterocycles. The SMILES string of the molecule is C=N/C(=C\N=C(C)N1CCN(Cc2ccc(SC)cc2)CC1)c1cc(-c2cnn(C)c2)cn2ncc(C#N)c12. The van der Waals surface area contributed by atoms with Gasteiger partial charge in [-0.15, -0.1) is 11.8 Å². The number of pyridine rings is 1. The highest BCUT2D eigenvalue weighted by Crippen LogP contribution is 2.30. The van der Waals surface area contributed by atoms with E-state index in [4.69, 9.17) is 4.99 Å². The van der Waals surface area contributed by atoms with E-state index >= 15 is 0 Å². The van der Waals surface area contributed by atoms with Crippen molar-refractivity contribution in [3.8, 4) is 17.2 Å². The second kappa shape index (κ2) is 11.7. The molecule has 0 aliphatic carbocycles. The first-order valence-electron chi connectivity index (χ1n) is 12.7. The van der Waals surface area contributed by atoms with Gasteiger partial charge in [0.25, 0.3) is 0 Å². The van der Waals surface area contributed by atoms with Crippen molar-refractivity contribution in [1.29, 1.82) is 5.26 Å². The summed E-state index contributed by atoms with van der Waals surface area (Å²) in [5.74, 6) is 0.925. The molecule has 1 aromatic carbocycles. The van der Waals surface area contributed by atoms with Gasteiger partial charge < -0.3 is 4.90 Å². The largest absolute Gasteiger partial charge is 0.358 e. The molecule has 0 atom stereocenters. The number of hydrogen-bond donors (Lipinski definition) is 0. The number of hydrogen-bond acceptors (Lipinski definition) is 7. The molecule has 1 fully saturated rings. The van der Waals surface area contributed by atoms with E-state index in [2.05, 4.69) is 68.3 Å². The fourth-order valence-corrected chi connectivity index (χ4v) is 5.19. The van der Waals surface area contributed by atoms with Gasteiger partial charge in [0.05, 0.1) is 35.4 Å². The number of piperazine rings is 1. The summed E-state index contributed by atoms with van der Waals surface area (Å²) in [5, 5.41) is 18.4. The molecular formula is C29H31N9S. The van der Waals surface area contributed by atoms with E-state index < -0.39 is 0 Å². The maximum Gasteiger partial charge on any atom is 0.103 e. The van der Waals surface area contributed by atoms with Crippen LogP contribution in [-0.2, 0) is 13.6 Å². The summed E-state index contributed by atoms with van der Waals surface area (Å²) >= 11 is 1.77. The number of aromatic nitrogens is 4. The van der Waals surface area contributed by atoms with Crippen molar-refractivity contribution in [2.75, 3.05) is 32.4 Å². The number of aliphatic imine (C=N–C) groups is 2. The van der Waals surface area contributed by atoms with Crippen LogP contribution in [0.2, 0.25) is 0 Å². The van der Waals surface area contributed by atoms with Crippen LogP contribution in [0.4, 0.5) is 0 Å². The summed E-state index contributed by atoms with van der Waals surface area (Å²) in [7, 11) is 1.88. The Balaban J connectivity index is 1.35. The third-order valence-corrected chi connectivity index (χ3v) is 7.73. The normalized spacial score (nSPS) is 15.1.